The van der Waals surface area contributed by atoms with E-state index < -0.39 is 0 Å². The van der Waals surface area contributed by atoms with Crippen LogP contribution >= 0.6 is 12.4 Å². The number of anilines is 2. The van der Waals surface area contributed by atoms with Gasteiger partial charge in [-0.2, -0.15) is 10.2 Å². The summed E-state index contributed by atoms with van der Waals surface area (Å²) in [7, 11) is 2.14. The summed E-state index contributed by atoms with van der Waals surface area (Å²) in [6, 6.07) is 4.35. The van der Waals surface area contributed by atoms with Gasteiger partial charge in [-0.3, -0.25) is 9.58 Å². The van der Waals surface area contributed by atoms with Crippen molar-refractivity contribution in [3.05, 3.63) is 35.9 Å². The topological polar surface area (TPSA) is 75.3 Å². The van der Waals surface area contributed by atoms with E-state index in [4.69, 9.17) is 5.10 Å². The summed E-state index contributed by atoms with van der Waals surface area (Å²) in [6.07, 6.45) is 6.14. The molecule has 0 aromatic carbocycles. The van der Waals surface area contributed by atoms with Gasteiger partial charge in [-0.25, -0.2) is 9.50 Å². The van der Waals surface area contributed by atoms with E-state index in [0.717, 1.165) is 49.9 Å². The van der Waals surface area contributed by atoms with Crippen LogP contribution in [0.1, 0.15) is 30.0 Å². The van der Waals surface area contributed by atoms with Crippen LogP contribution in [0.4, 0.5) is 11.5 Å². The van der Waals surface area contributed by atoms with Gasteiger partial charge in [0.05, 0.1) is 17.9 Å². The van der Waals surface area contributed by atoms with Gasteiger partial charge in [-0.15, -0.1) is 12.4 Å². The number of fused-ring (bicyclic) bond motifs is 2. The molecule has 0 amide bonds. The summed E-state index contributed by atoms with van der Waals surface area (Å²) in [5, 5.41) is 16.1. The molecule has 9 heteroatoms. The van der Waals surface area contributed by atoms with Crippen molar-refractivity contribution in [1.82, 2.24) is 34.6 Å². The highest BCUT2D eigenvalue weighted by atomic mass is 35.5. The first-order valence-corrected chi connectivity index (χ1v) is 9.32. The predicted octanol–water partition coefficient (Wildman–Crippen LogP) is 2.00. The Kier molecular flexibility index (Phi) is 5.03. The highest BCUT2D eigenvalue weighted by molar-refractivity contribution is 5.85. The molecule has 0 saturated carbocycles. The number of nitrogens with one attached hydrogen (secondary N) is 2. The Hall–Kier alpha value is -2.16. The molecule has 0 bridgehead atoms. The minimum atomic E-state index is 0. The molecule has 27 heavy (non-hydrogen) atoms. The lowest BCUT2D eigenvalue weighted by molar-refractivity contribution is 0.259. The molecule has 5 rings (SSSR count). The summed E-state index contributed by atoms with van der Waals surface area (Å²) in [6.45, 7) is 5.03. The van der Waals surface area contributed by atoms with Crippen LogP contribution in [0.25, 0.3) is 5.65 Å². The summed E-state index contributed by atoms with van der Waals surface area (Å²) in [5.41, 5.74) is 4.34. The zero-order valence-corrected chi connectivity index (χ0v) is 16.2. The lowest BCUT2D eigenvalue weighted by atomic mass is 9.92. The highest BCUT2D eigenvalue weighted by Crippen LogP contribution is 2.29. The quantitative estimate of drug-likeness (QED) is 0.714. The largest absolute Gasteiger partial charge is 0.336 e. The fraction of sp³-hybridized carbons (Fsp3) is 0.500. The third kappa shape index (κ3) is 3.52. The van der Waals surface area contributed by atoms with Crippen molar-refractivity contribution in [3.8, 4) is 0 Å². The molecule has 8 nitrogen and oxygen atoms in total. The van der Waals surface area contributed by atoms with E-state index in [1.165, 1.54) is 24.1 Å². The van der Waals surface area contributed by atoms with Crippen LogP contribution in [0, 0.1) is 0 Å². The SMILES string of the molecule is CN1CCn2nc(Nc3cc([C@@H]4CCCNC4)cn4ncnc34)cc2C1.Cl. The van der Waals surface area contributed by atoms with Gasteiger partial charge in [0, 0.05) is 31.9 Å². The smallest absolute Gasteiger partial charge is 0.178 e. The molecule has 1 atom stereocenters. The molecule has 144 valence electrons. The second-order valence-corrected chi connectivity index (χ2v) is 7.37. The lowest BCUT2D eigenvalue weighted by Crippen LogP contribution is -2.30. The number of nitrogens with zero attached hydrogens (tertiary/aromatic N) is 6. The van der Waals surface area contributed by atoms with Gasteiger partial charge in [0.25, 0.3) is 0 Å². The zero-order valence-electron chi connectivity index (χ0n) is 15.4. The van der Waals surface area contributed by atoms with Crippen molar-refractivity contribution in [3.63, 3.8) is 0 Å². The van der Waals surface area contributed by atoms with Gasteiger partial charge in [-0.1, -0.05) is 0 Å². The first-order valence-electron chi connectivity index (χ1n) is 9.32. The van der Waals surface area contributed by atoms with Crippen LogP contribution in [0.5, 0.6) is 0 Å². The van der Waals surface area contributed by atoms with Gasteiger partial charge >= 0.3 is 0 Å². The average molecular weight is 389 g/mol. The maximum Gasteiger partial charge on any atom is 0.178 e. The maximum absolute atomic E-state index is 4.72. The number of hydrogen-bond acceptors (Lipinski definition) is 6. The Morgan fingerprint density at radius 1 is 1.26 bits per heavy atom. The number of aromatic nitrogens is 5. The van der Waals surface area contributed by atoms with Crippen LogP contribution in [0.2, 0.25) is 0 Å². The first-order chi connectivity index (χ1) is 12.8. The van der Waals surface area contributed by atoms with Crippen molar-refractivity contribution in [2.75, 3.05) is 32.0 Å². The summed E-state index contributed by atoms with van der Waals surface area (Å²) in [5.74, 6) is 1.39. The van der Waals surface area contributed by atoms with E-state index in [1.807, 2.05) is 4.52 Å². The lowest BCUT2D eigenvalue weighted by Gasteiger charge is -2.23. The van der Waals surface area contributed by atoms with Crippen molar-refractivity contribution in [2.24, 2.45) is 0 Å². The van der Waals surface area contributed by atoms with E-state index >= 15 is 0 Å². The molecular weight excluding hydrogens is 364 g/mol. The van der Waals surface area contributed by atoms with Crippen molar-refractivity contribution < 1.29 is 0 Å². The Morgan fingerprint density at radius 2 is 2.19 bits per heavy atom. The van der Waals surface area contributed by atoms with E-state index in [9.17, 15) is 0 Å². The molecule has 3 aromatic rings. The minimum Gasteiger partial charge on any atom is -0.336 e. The Bertz CT molecular complexity index is 927. The zero-order chi connectivity index (χ0) is 17.5. The monoisotopic (exact) mass is 388 g/mol. The number of likely N-dealkylation sites (N-methyl/N-ethyl adjacent to an activating group) is 1. The molecule has 2 aliphatic rings. The standard InChI is InChI=1S/C18H24N8.ClH/c1-24-5-6-25-15(11-24)8-17(23-25)22-16-7-14(13-3-2-4-19-9-13)10-26-18(16)20-12-21-26;/h7-8,10,12-13,19H,2-6,9,11H2,1H3,(H,22,23);1H/t13-;/m1./s1. The fourth-order valence-electron chi connectivity index (χ4n) is 4.00. The summed E-state index contributed by atoms with van der Waals surface area (Å²) in [4.78, 5) is 6.74. The molecule has 5 heterocycles. The molecule has 0 spiro atoms. The number of rotatable bonds is 3. The summed E-state index contributed by atoms with van der Waals surface area (Å²) < 4.78 is 3.97. The van der Waals surface area contributed by atoms with Gasteiger partial charge in [0.2, 0.25) is 0 Å². The summed E-state index contributed by atoms with van der Waals surface area (Å²) >= 11 is 0. The number of pyridine rings is 1. The molecule has 2 aliphatic heterocycles. The molecule has 1 fully saturated rings. The Morgan fingerprint density at radius 3 is 3.04 bits per heavy atom. The molecule has 1 saturated heterocycles. The van der Waals surface area contributed by atoms with Gasteiger partial charge in [-0.05, 0) is 44.0 Å². The molecule has 2 N–H and O–H groups in total. The van der Waals surface area contributed by atoms with Crippen LogP contribution in [0.3, 0.4) is 0 Å². The highest BCUT2D eigenvalue weighted by Gasteiger charge is 2.19. The van der Waals surface area contributed by atoms with Crippen LogP contribution in [-0.2, 0) is 13.1 Å². The Labute approximate surface area is 164 Å². The molecular formula is C18H25ClN8. The van der Waals surface area contributed by atoms with Crippen LogP contribution < -0.4 is 10.6 Å². The van der Waals surface area contributed by atoms with Gasteiger partial charge in [0.15, 0.2) is 11.5 Å². The Balaban J connectivity index is 0.00000180. The van der Waals surface area contributed by atoms with E-state index in [0.29, 0.717) is 5.92 Å². The minimum absolute atomic E-state index is 0. The first kappa shape index (κ1) is 18.2. The van der Waals surface area contributed by atoms with Crippen LogP contribution in [0.15, 0.2) is 24.7 Å². The van der Waals surface area contributed by atoms with Gasteiger partial charge in [0.1, 0.15) is 6.33 Å². The van der Waals surface area contributed by atoms with Crippen LogP contribution in [-0.4, -0.2) is 56.0 Å². The number of piperidine rings is 1. The number of halogens is 1. The van der Waals surface area contributed by atoms with E-state index in [1.54, 1.807) is 6.33 Å². The average Bonchev–Trinajstić information content (AvgIpc) is 3.28. The van der Waals surface area contributed by atoms with Crippen molar-refractivity contribution in [1.29, 1.82) is 0 Å². The molecule has 0 unspecified atom stereocenters. The molecule has 0 aliphatic carbocycles. The third-order valence-corrected chi connectivity index (χ3v) is 5.42. The van der Waals surface area contributed by atoms with E-state index in [-0.39, 0.29) is 12.4 Å². The van der Waals surface area contributed by atoms with Crippen molar-refractivity contribution in [2.45, 2.75) is 31.8 Å². The van der Waals surface area contributed by atoms with Crippen molar-refractivity contribution >= 4 is 29.6 Å². The molecule has 3 aromatic heterocycles. The second-order valence-electron chi connectivity index (χ2n) is 7.37. The predicted molar refractivity (Wildman–Crippen MR) is 107 cm³/mol. The number of hydrogen-bond donors (Lipinski definition) is 2. The van der Waals surface area contributed by atoms with Gasteiger partial charge < -0.3 is 10.6 Å². The fourth-order valence-corrected chi connectivity index (χ4v) is 4.00. The van der Waals surface area contributed by atoms with E-state index in [2.05, 4.69) is 55.7 Å². The third-order valence-electron chi connectivity index (χ3n) is 5.42. The maximum atomic E-state index is 4.72. The normalized spacial score (nSPS) is 20.3. The second kappa shape index (κ2) is 7.46. The molecule has 0 radical (unpaired) electrons.